The van der Waals surface area contributed by atoms with Gasteiger partial charge in [0.2, 0.25) is 0 Å². The molecule has 0 bridgehead atoms. The molecular weight excluding hydrogens is 314 g/mol. The summed E-state index contributed by atoms with van der Waals surface area (Å²) in [6, 6.07) is 3.43. The van der Waals surface area contributed by atoms with Gasteiger partial charge in [0.15, 0.2) is 0 Å². The van der Waals surface area contributed by atoms with Crippen LogP contribution in [-0.4, -0.2) is 45.7 Å². The lowest BCUT2D eigenvalue weighted by molar-refractivity contribution is 0.0692. The van der Waals surface area contributed by atoms with E-state index in [1.165, 1.54) is 6.33 Å². The highest BCUT2D eigenvalue weighted by Crippen LogP contribution is 2.29. The second-order valence-electron chi connectivity index (χ2n) is 5.39. The van der Waals surface area contributed by atoms with Gasteiger partial charge in [-0.2, -0.15) is 11.8 Å². The zero-order valence-electron chi connectivity index (χ0n) is 13.5. The minimum absolute atomic E-state index is 0.128. The summed E-state index contributed by atoms with van der Waals surface area (Å²) < 4.78 is 5.65. The molecule has 0 atom stereocenters. The SMILES string of the molecule is CSCCCOc1cc2ncnc(NC(C)C)c2cc1C(=O)O. The zero-order valence-corrected chi connectivity index (χ0v) is 14.3. The number of fused-ring (bicyclic) bond motifs is 1. The molecule has 0 saturated carbocycles. The summed E-state index contributed by atoms with van der Waals surface area (Å²) in [6.07, 6.45) is 4.35. The second kappa shape index (κ2) is 8.01. The van der Waals surface area contributed by atoms with Crippen molar-refractivity contribution in [2.45, 2.75) is 26.3 Å². The lowest BCUT2D eigenvalue weighted by Gasteiger charge is -2.14. The van der Waals surface area contributed by atoms with Crippen molar-refractivity contribution in [2.24, 2.45) is 0 Å². The molecule has 1 aromatic heterocycles. The van der Waals surface area contributed by atoms with Crippen molar-refractivity contribution in [1.82, 2.24) is 9.97 Å². The molecule has 0 fully saturated rings. The summed E-state index contributed by atoms with van der Waals surface area (Å²) in [5.41, 5.74) is 0.788. The van der Waals surface area contributed by atoms with Crippen molar-refractivity contribution in [3.63, 3.8) is 0 Å². The third-order valence-electron chi connectivity index (χ3n) is 3.14. The van der Waals surface area contributed by atoms with Gasteiger partial charge >= 0.3 is 5.97 Å². The van der Waals surface area contributed by atoms with Crippen LogP contribution in [0, 0.1) is 0 Å². The number of carboxylic acid groups (broad SMARTS) is 1. The lowest BCUT2D eigenvalue weighted by atomic mass is 10.1. The summed E-state index contributed by atoms with van der Waals surface area (Å²) in [5, 5.41) is 13.3. The summed E-state index contributed by atoms with van der Waals surface area (Å²) >= 11 is 1.73. The van der Waals surface area contributed by atoms with Gasteiger partial charge in [-0.15, -0.1) is 0 Å². The molecule has 2 rings (SSSR count). The van der Waals surface area contributed by atoms with Crippen LogP contribution in [0.25, 0.3) is 10.9 Å². The first kappa shape index (κ1) is 17.3. The van der Waals surface area contributed by atoms with E-state index in [1.54, 1.807) is 23.9 Å². The highest BCUT2D eigenvalue weighted by molar-refractivity contribution is 7.98. The van der Waals surface area contributed by atoms with Crippen molar-refractivity contribution in [3.05, 3.63) is 24.0 Å². The van der Waals surface area contributed by atoms with Gasteiger partial charge in [-0.1, -0.05) is 0 Å². The third kappa shape index (κ3) is 4.48. The van der Waals surface area contributed by atoms with E-state index < -0.39 is 5.97 Å². The van der Waals surface area contributed by atoms with Crippen LogP contribution in [0.3, 0.4) is 0 Å². The fourth-order valence-corrected chi connectivity index (χ4v) is 2.55. The zero-order chi connectivity index (χ0) is 16.8. The molecule has 0 aliphatic carbocycles. The summed E-state index contributed by atoms with van der Waals surface area (Å²) in [7, 11) is 0. The van der Waals surface area contributed by atoms with E-state index in [-0.39, 0.29) is 11.6 Å². The number of aromatic nitrogens is 2. The monoisotopic (exact) mass is 335 g/mol. The molecule has 6 nitrogen and oxygen atoms in total. The lowest BCUT2D eigenvalue weighted by Crippen LogP contribution is -2.12. The molecule has 23 heavy (non-hydrogen) atoms. The van der Waals surface area contributed by atoms with Crippen LogP contribution in [0.5, 0.6) is 5.75 Å². The maximum absolute atomic E-state index is 11.5. The van der Waals surface area contributed by atoms with Crippen molar-refractivity contribution in [2.75, 3.05) is 23.9 Å². The standard InChI is InChI=1S/C16H21N3O3S/c1-10(2)19-15-11-7-12(16(20)21)14(22-5-4-6-23-3)8-13(11)17-9-18-15/h7-10H,4-6H2,1-3H3,(H,20,21)(H,17,18,19). The predicted octanol–water partition coefficient (Wildman–Crippen LogP) is 3.28. The summed E-state index contributed by atoms with van der Waals surface area (Å²) in [5.74, 6) is 0.925. The van der Waals surface area contributed by atoms with Gasteiger partial charge < -0.3 is 15.2 Å². The Balaban J connectivity index is 2.40. The molecule has 7 heteroatoms. The Morgan fingerprint density at radius 2 is 2.17 bits per heavy atom. The van der Waals surface area contributed by atoms with Crippen molar-refractivity contribution >= 4 is 34.5 Å². The number of aromatic carboxylic acids is 1. The molecule has 0 radical (unpaired) electrons. The number of carboxylic acids is 1. The van der Waals surface area contributed by atoms with Gasteiger partial charge in [0.05, 0.1) is 12.1 Å². The molecule has 124 valence electrons. The van der Waals surface area contributed by atoms with Gasteiger partial charge in [-0.05, 0) is 38.3 Å². The fourth-order valence-electron chi connectivity index (χ4n) is 2.14. The predicted molar refractivity (Wildman–Crippen MR) is 93.8 cm³/mol. The third-order valence-corrected chi connectivity index (χ3v) is 3.84. The van der Waals surface area contributed by atoms with Crippen LogP contribution >= 0.6 is 11.8 Å². The van der Waals surface area contributed by atoms with Gasteiger partial charge in [0.25, 0.3) is 0 Å². The van der Waals surface area contributed by atoms with Crippen LogP contribution in [0.2, 0.25) is 0 Å². The maximum atomic E-state index is 11.5. The van der Waals surface area contributed by atoms with E-state index in [0.29, 0.717) is 29.1 Å². The average molecular weight is 335 g/mol. The largest absolute Gasteiger partial charge is 0.493 e. The normalized spacial score (nSPS) is 11.0. The van der Waals surface area contributed by atoms with Crippen LogP contribution in [0.1, 0.15) is 30.6 Å². The van der Waals surface area contributed by atoms with Crippen molar-refractivity contribution in [1.29, 1.82) is 0 Å². The second-order valence-corrected chi connectivity index (χ2v) is 6.37. The number of anilines is 1. The molecule has 2 aromatic rings. The Morgan fingerprint density at radius 3 is 2.83 bits per heavy atom. The molecular formula is C16H21N3O3S. The summed E-state index contributed by atoms with van der Waals surface area (Å²) in [6.45, 7) is 4.47. The number of nitrogens with one attached hydrogen (secondary N) is 1. The van der Waals surface area contributed by atoms with E-state index in [0.717, 1.165) is 12.2 Å². The molecule has 0 aliphatic rings. The first-order valence-electron chi connectivity index (χ1n) is 7.43. The number of thioether (sulfide) groups is 1. The van der Waals surface area contributed by atoms with E-state index in [9.17, 15) is 9.90 Å². The van der Waals surface area contributed by atoms with Crippen molar-refractivity contribution < 1.29 is 14.6 Å². The number of nitrogens with zero attached hydrogens (tertiary/aromatic N) is 2. The highest BCUT2D eigenvalue weighted by Gasteiger charge is 2.16. The van der Waals surface area contributed by atoms with Crippen LogP contribution < -0.4 is 10.1 Å². The van der Waals surface area contributed by atoms with E-state index in [2.05, 4.69) is 15.3 Å². The Hall–Kier alpha value is -2.02. The average Bonchev–Trinajstić information content (AvgIpc) is 2.50. The Labute approximate surface area is 139 Å². The van der Waals surface area contributed by atoms with E-state index in [4.69, 9.17) is 4.74 Å². The molecule has 1 aromatic carbocycles. The number of rotatable bonds is 8. The smallest absolute Gasteiger partial charge is 0.339 e. The fraction of sp³-hybridized carbons (Fsp3) is 0.438. The van der Waals surface area contributed by atoms with E-state index >= 15 is 0 Å². The van der Waals surface area contributed by atoms with Gasteiger partial charge in [0, 0.05) is 17.5 Å². The van der Waals surface area contributed by atoms with Gasteiger partial charge in [-0.3, -0.25) is 0 Å². The molecule has 0 aliphatic heterocycles. The number of hydrogen-bond acceptors (Lipinski definition) is 6. The molecule has 1 heterocycles. The Morgan fingerprint density at radius 1 is 1.39 bits per heavy atom. The number of benzene rings is 1. The van der Waals surface area contributed by atoms with Crippen LogP contribution in [0.4, 0.5) is 5.82 Å². The topological polar surface area (TPSA) is 84.3 Å². The first-order valence-corrected chi connectivity index (χ1v) is 8.82. The molecule has 0 amide bonds. The molecule has 0 saturated heterocycles. The van der Waals surface area contributed by atoms with Gasteiger partial charge in [-0.25, -0.2) is 14.8 Å². The quantitative estimate of drug-likeness (QED) is 0.716. The molecule has 0 unspecified atom stereocenters. The summed E-state index contributed by atoms with van der Waals surface area (Å²) in [4.78, 5) is 20.0. The van der Waals surface area contributed by atoms with Gasteiger partial charge in [0.1, 0.15) is 23.5 Å². The number of hydrogen-bond donors (Lipinski definition) is 2. The van der Waals surface area contributed by atoms with Crippen LogP contribution in [0.15, 0.2) is 18.5 Å². The Kier molecular flexibility index (Phi) is 6.04. The number of ether oxygens (including phenoxy) is 1. The van der Waals surface area contributed by atoms with E-state index in [1.807, 2.05) is 20.1 Å². The molecule has 2 N–H and O–H groups in total. The highest BCUT2D eigenvalue weighted by atomic mass is 32.2. The Bertz CT molecular complexity index is 692. The minimum atomic E-state index is -1.02. The van der Waals surface area contributed by atoms with Crippen molar-refractivity contribution in [3.8, 4) is 5.75 Å². The minimum Gasteiger partial charge on any atom is -0.493 e. The van der Waals surface area contributed by atoms with Crippen LogP contribution in [-0.2, 0) is 0 Å². The number of carbonyl (C=O) groups is 1. The molecule has 0 spiro atoms. The maximum Gasteiger partial charge on any atom is 0.339 e. The first-order chi connectivity index (χ1) is 11.0.